The van der Waals surface area contributed by atoms with Crippen LogP contribution in [0.2, 0.25) is 5.02 Å². The van der Waals surface area contributed by atoms with Crippen LogP contribution in [0, 0.1) is 0 Å². The van der Waals surface area contributed by atoms with Gasteiger partial charge in [0, 0.05) is 34.2 Å². The van der Waals surface area contributed by atoms with E-state index in [1.165, 1.54) is 0 Å². The molecular formula is C19H15ClN4O2. The summed E-state index contributed by atoms with van der Waals surface area (Å²) >= 11 is 5.95. The number of hydrogen-bond acceptors (Lipinski definition) is 4. The number of amides is 1. The van der Waals surface area contributed by atoms with E-state index in [-0.39, 0.29) is 11.8 Å². The molecule has 130 valence electrons. The van der Waals surface area contributed by atoms with Gasteiger partial charge in [0.15, 0.2) is 0 Å². The number of aromatic amines is 1. The van der Waals surface area contributed by atoms with Gasteiger partial charge in [-0.2, -0.15) is 0 Å². The second-order valence-electron chi connectivity index (χ2n) is 5.79. The van der Waals surface area contributed by atoms with E-state index < -0.39 is 5.91 Å². The second kappa shape index (κ2) is 7.01. The molecule has 0 aliphatic heterocycles. The van der Waals surface area contributed by atoms with Crippen molar-refractivity contribution in [2.24, 2.45) is 0 Å². The number of halogens is 1. The number of carbonyl (C=O) groups excluding carboxylic acids is 1. The molecule has 0 radical (unpaired) electrons. The highest BCUT2D eigenvalue weighted by molar-refractivity contribution is 6.30. The molecule has 0 aliphatic rings. The molecule has 0 bridgehead atoms. The van der Waals surface area contributed by atoms with Crippen molar-refractivity contribution in [1.82, 2.24) is 20.5 Å². The SMILES string of the molecule is O=C(NCCc1c[nH]c2ccccc12)c1nnc(-c2cccc(Cl)c2)o1. The quantitative estimate of drug-likeness (QED) is 0.562. The van der Waals surface area contributed by atoms with Crippen LogP contribution >= 0.6 is 11.6 Å². The number of fused-ring (bicyclic) bond motifs is 1. The zero-order valence-corrected chi connectivity index (χ0v) is 14.5. The number of benzene rings is 2. The summed E-state index contributed by atoms with van der Waals surface area (Å²) in [5.74, 6) is -0.209. The van der Waals surface area contributed by atoms with Gasteiger partial charge in [-0.15, -0.1) is 10.2 Å². The van der Waals surface area contributed by atoms with E-state index in [0.29, 0.717) is 23.6 Å². The maximum atomic E-state index is 12.2. The Morgan fingerprint density at radius 2 is 2.04 bits per heavy atom. The summed E-state index contributed by atoms with van der Waals surface area (Å²) in [6.45, 7) is 0.468. The molecule has 2 heterocycles. The molecule has 2 aromatic carbocycles. The first-order valence-corrected chi connectivity index (χ1v) is 8.51. The third-order valence-electron chi connectivity index (χ3n) is 4.05. The molecule has 7 heteroatoms. The van der Waals surface area contributed by atoms with Gasteiger partial charge in [0.05, 0.1) is 0 Å². The smallest absolute Gasteiger partial charge is 0.308 e. The minimum absolute atomic E-state index is 0.0705. The molecule has 0 unspecified atom stereocenters. The Morgan fingerprint density at radius 3 is 2.92 bits per heavy atom. The second-order valence-corrected chi connectivity index (χ2v) is 6.22. The average molecular weight is 367 g/mol. The zero-order valence-electron chi connectivity index (χ0n) is 13.7. The molecule has 2 N–H and O–H groups in total. The average Bonchev–Trinajstić information content (AvgIpc) is 3.29. The van der Waals surface area contributed by atoms with Crippen molar-refractivity contribution in [2.45, 2.75) is 6.42 Å². The van der Waals surface area contributed by atoms with Crippen LogP contribution in [0.3, 0.4) is 0 Å². The molecule has 0 saturated carbocycles. The Balaban J connectivity index is 1.39. The molecule has 26 heavy (non-hydrogen) atoms. The molecule has 4 aromatic rings. The summed E-state index contributed by atoms with van der Waals surface area (Å²) in [5.41, 5.74) is 2.89. The monoisotopic (exact) mass is 366 g/mol. The van der Waals surface area contributed by atoms with Crippen LogP contribution in [0.5, 0.6) is 0 Å². The van der Waals surface area contributed by atoms with Crippen LogP contribution in [-0.4, -0.2) is 27.6 Å². The van der Waals surface area contributed by atoms with E-state index >= 15 is 0 Å². The number of aromatic nitrogens is 3. The van der Waals surface area contributed by atoms with Crippen LogP contribution < -0.4 is 5.32 Å². The van der Waals surface area contributed by atoms with Crippen LogP contribution in [0.25, 0.3) is 22.4 Å². The van der Waals surface area contributed by atoms with Crippen molar-refractivity contribution in [2.75, 3.05) is 6.54 Å². The lowest BCUT2D eigenvalue weighted by Gasteiger charge is -2.01. The van der Waals surface area contributed by atoms with E-state index in [1.807, 2.05) is 24.4 Å². The first kappa shape index (κ1) is 16.4. The van der Waals surface area contributed by atoms with Crippen LogP contribution in [-0.2, 0) is 6.42 Å². The molecular weight excluding hydrogens is 352 g/mol. The zero-order chi connectivity index (χ0) is 17.9. The Morgan fingerprint density at radius 1 is 1.15 bits per heavy atom. The largest absolute Gasteiger partial charge is 0.412 e. The van der Waals surface area contributed by atoms with Crippen molar-refractivity contribution in [3.63, 3.8) is 0 Å². The third-order valence-corrected chi connectivity index (χ3v) is 4.28. The lowest BCUT2D eigenvalue weighted by atomic mass is 10.1. The van der Waals surface area contributed by atoms with Crippen LogP contribution in [0.4, 0.5) is 0 Å². The predicted molar refractivity (Wildman–Crippen MR) is 99.1 cm³/mol. The molecule has 6 nitrogen and oxygen atoms in total. The number of carbonyl (C=O) groups is 1. The number of H-pyrrole nitrogens is 1. The third kappa shape index (κ3) is 3.32. The minimum Gasteiger partial charge on any atom is -0.412 e. The lowest BCUT2D eigenvalue weighted by molar-refractivity contribution is 0.0920. The summed E-state index contributed by atoms with van der Waals surface area (Å²) in [7, 11) is 0. The van der Waals surface area contributed by atoms with Crippen molar-refractivity contribution in [3.8, 4) is 11.5 Å². The van der Waals surface area contributed by atoms with Gasteiger partial charge < -0.3 is 14.7 Å². The Labute approximate surface area is 154 Å². The fourth-order valence-electron chi connectivity index (χ4n) is 2.78. The topological polar surface area (TPSA) is 83.8 Å². The molecule has 0 fully saturated rings. The Bertz CT molecular complexity index is 1070. The fourth-order valence-corrected chi connectivity index (χ4v) is 2.97. The van der Waals surface area contributed by atoms with Gasteiger partial charge in [0.1, 0.15) is 0 Å². The molecule has 0 atom stereocenters. The van der Waals surface area contributed by atoms with Crippen molar-refractivity contribution >= 4 is 28.4 Å². The fraction of sp³-hybridized carbons (Fsp3) is 0.105. The summed E-state index contributed by atoms with van der Waals surface area (Å²) in [5, 5.41) is 12.2. The summed E-state index contributed by atoms with van der Waals surface area (Å²) in [6, 6.07) is 15.1. The Kier molecular flexibility index (Phi) is 4.41. The van der Waals surface area contributed by atoms with E-state index in [1.54, 1.807) is 24.3 Å². The van der Waals surface area contributed by atoms with E-state index in [4.69, 9.17) is 16.0 Å². The number of rotatable bonds is 5. The summed E-state index contributed by atoms with van der Waals surface area (Å²) < 4.78 is 5.45. The first-order valence-electron chi connectivity index (χ1n) is 8.13. The lowest BCUT2D eigenvalue weighted by Crippen LogP contribution is -2.25. The highest BCUT2D eigenvalue weighted by Gasteiger charge is 2.16. The molecule has 1 amide bonds. The molecule has 4 rings (SSSR count). The van der Waals surface area contributed by atoms with Crippen molar-refractivity contribution in [3.05, 3.63) is 71.2 Å². The normalized spacial score (nSPS) is 11.0. The highest BCUT2D eigenvalue weighted by Crippen LogP contribution is 2.21. The van der Waals surface area contributed by atoms with E-state index in [9.17, 15) is 4.79 Å². The van der Waals surface area contributed by atoms with Gasteiger partial charge in [-0.3, -0.25) is 4.79 Å². The standard InChI is InChI=1S/C19H15ClN4O2/c20-14-5-3-4-12(10-14)18-23-24-19(26-18)17(25)21-9-8-13-11-22-16-7-2-1-6-15(13)16/h1-7,10-11,22H,8-9H2,(H,21,25). The van der Waals surface area contributed by atoms with Gasteiger partial charge in [-0.25, -0.2) is 0 Å². The van der Waals surface area contributed by atoms with Crippen molar-refractivity contribution in [1.29, 1.82) is 0 Å². The highest BCUT2D eigenvalue weighted by atomic mass is 35.5. The Hall–Kier alpha value is -3.12. The molecule has 0 spiro atoms. The van der Waals surface area contributed by atoms with Crippen molar-refractivity contribution < 1.29 is 9.21 Å². The summed E-state index contributed by atoms with van der Waals surface area (Å²) in [6.07, 6.45) is 2.66. The predicted octanol–water partition coefficient (Wildman–Crippen LogP) is 3.84. The first-order chi connectivity index (χ1) is 12.7. The molecule has 2 aromatic heterocycles. The van der Waals surface area contributed by atoms with E-state index in [0.717, 1.165) is 16.5 Å². The number of nitrogens with zero attached hydrogens (tertiary/aromatic N) is 2. The van der Waals surface area contributed by atoms with Gasteiger partial charge in [0.25, 0.3) is 0 Å². The minimum atomic E-state index is -0.398. The van der Waals surface area contributed by atoms with E-state index in [2.05, 4.69) is 26.6 Å². The van der Waals surface area contributed by atoms with Gasteiger partial charge in [-0.1, -0.05) is 35.9 Å². The summed E-state index contributed by atoms with van der Waals surface area (Å²) in [4.78, 5) is 15.4. The number of para-hydroxylation sites is 1. The maximum Gasteiger partial charge on any atom is 0.308 e. The van der Waals surface area contributed by atoms with Crippen LogP contribution in [0.15, 0.2) is 59.1 Å². The van der Waals surface area contributed by atoms with Gasteiger partial charge >= 0.3 is 11.8 Å². The van der Waals surface area contributed by atoms with Gasteiger partial charge in [-0.05, 0) is 36.2 Å². The number of nitrogens with one attached hydrogen (secondary N) is 2. The molecule has 0 aliphatic carbocycles. The van der Waals surface area contributed by atoms with Crippen LogP contribution in [0.1, 0.15) is 16.2 Å². The van der Waals surface area contributed by atoms with Gasteiger partial charge in [0.2, 0.25) is 5.89 Å². The maximum absolute atomic E-state index is 12.2. The molecule has 0 saturated heterocycles. The number of hydrogen-bond donors (Lipinski definition) is 2.